The van der Waals surface area contributed by atoms with E-state index in [0.717, 1.165) is 11.1 Å². The number of carbonyl (C=O) groups excluding carboxylic acids is 1. The van der Waals surface area contributed by atoms with Crippen LogP contribution in [0.25, 0.3) is 0 Å². The van der Waals surface area contributed by atoms with E-state index in [1.807, 2.05) is 13.0 Å². The van der Waals surface area contributed by atoms with Crippen molar-refractivity contribution in [3.05, 3.63) is 59.2 Å². The summed E-state index contributed by atoms with van der Waals surface area (Å²) in [4.78, 5) is 20.3. The van der Waals surface area contributed by atoms with Crippen molar-refractivity contribution in [3.8, 4) is 11.8 Å². The van der Waals surface area contributed by atoms with Gasteiger partial charge in [0.1, 0.15) is 5.69 Å². The first-order valence-corrected chi connectivity index (χ1v) is 6.54. The largest absolute Gasteiger partial charge is 0.347 e. The van der Waals surface area contributed by atoms with Crippen molar-refractivity contribution < 1.29 is 4.79 Å². The van der Waals surface area contributed by atoms with Crippen molar-refractivity contribution in [1.29, 1.82) is 0 Å². The molecule has 0 bridgehead atoms. The lowest BCUT2D eigenvalue weighted by Gasteiger charge is -2.08. The first kappa shape index (κ1) is 14.7. The van der Waals surface area contributed by atoms with Gasteiger partial charge in [0.05, 0.1) is 12.1 Å². The number of aromatic nitrogens is 2. The Balaban J connectivity index is 2.12. The molecule has 0 aliphatic rings. The average molecular weight is 280 g/mol. The highest BCUT2D eigenvalue weighted by molar-refractivity contribution is 5.94. The highest BCUT2D eigenvalue weighted by Crippen LogP contribution is 2.07. The Kier molecular flexibility index (Phi) is 5.02. The van der Waals surface area contributed by atoms with E-state index in [-0.39, 0.29) is 12.5 Å². The highest BCUT2D eigenvalue weighted by Gasteiger charge is 2.11. The molecule has 0 aliphatic carbocycles. The van der Waals surface area contributed by atoms with Crippen LogP contribution in [-0.4, -0.2) is 22.4 Å². The molecule has 0 aromatic carbocycles. The summed E-state index contributed by atoms with van der Waals surface area (Å²) in [6.45, 7) is 2.62. The zero-order valence-corrected chi connectivity index (χ0v) is 11.8. The van der Waals surface area contributed by atoms with Crippen LogP contribution >= 0.6 is 0 Å². The highest BCUT2D eigenvalue weighted by atomic mass is 16.1. The van der Waals surface area contributed by atoms with Crippen LogP contribution < -0.4 is 11.1 Å². The number of aryl methyl sites for hydroxylation is 1. The summed E-state index contributed by atoms with van der Waals surface area (Å²) in [5.41, 5.74) is 8.29. The minimum Gasteiger partial charge on any atom is -0.347 e. The quantitative estimate of drug-likeness (QED) is 0.823. The molecule has 3 N–H and O–H groups in total. The standard InChI is InChI=1S/C16H16N4O/c1-12-10-18-9-6-14(12)11-20-16(21)15-13(4-2-7-17)5-3-8-19-15/h3,5-6,8-10H,7,11,17H2,1H3,(H,20,21). The van der Waals surface area contributed by atoms with E-state index in [1.165, 1.54) is 0 Å². The molecule has 0 fully saturated rings. The first-order chi connectivity index (χ1) is 10.2. The van der Waals surface area contributed by atoms with Gasteiger partial charge in [-0.2, -0.15) is 0 Å². The second-order valence-electron chi connectivity index (χ2n) is 4.39. The Morgan fingerprint density at radius 3 is 3.00 bits per heavy atom. The van der Waals surface area contributed by atoms with Crippen LogP contribution in [-0.2, 0) is 6.54 Å². The molecular weight excluding hydrogens is 264 g/mol. The minimum absolute atomic E-state index is 0.242. The molecule has 0 aliphatic heterocycles. The molecule has 0 saturated heterocycles. The number of nitrogens with two attached hydrogens (primary N) is 1. The summed E-state index contributed by atoms with van der Waals surface area (Å²) >= 11 is 0. The van der Waals surface area contributed by atoms with Crippen LogP contribution in [0.15, 0.2) is 36.8 Å². The summed E-state index contributed by atoms with van der Waals surface area (Å²) in [5, 5.41) is 2.84. The predicted molar refractivity (Wildman–Crippen MR) is 80.3 cm³/mol. The van der Waals surface area contributed by atoms with Crippen LogP contribution in [0.4, 0.5) is 0 Å². The van der Waals surface area contributed by atoms with Crippen molar-refractivity contribution in [3.63, 3.8) is 0 Å². The Bertz CT molecular complexity index is 701. The molecule has 2 rings (SSSR count). The number of rotatable bonds is 3. The van der Waals surface area contributed by atoms with Crippen LogP contribution in [0.1, 0.15) is 27.2 Å². The maximum atomic E-state index is 12.2. The van der Waals surface area contributed by atoms with Crippen molar-refractivity contribution in [2.45, 2.75) is 13.5 Å². The molecule has 1 amide bonds. The van der Waals surface area contributed by atoms with E-state index in [2.05, 4.69) is 27.1 Å². The van der Waals surface area contributed by atoms with Crippen molar-refractivity contribution in [1.82, 2.24) is 15.3 Å². The zero-order valence-electron chi connectivity index (χ0n) is 11.8. The van der Waals surface area contributed by atoms with Gasteiger partial charge in [-0.05, 0) is 36.2 Å². The van der Waals surface area contributed by atoms with Crippen LogP contribution in [0.5, 0.6) is 0 Å². The Morgan fingerprint density at radius 1 is 1.38 bits per heavy atom. The first-order valence-electron chi connectivity index (χ1n) is 6.54. The lowest BCUT2D eigenvalue weighted by Crippen LogP contribution is -2.25. The van der Waals surface area contributed by atoms with Gasteiger partial charge in [0, 0.05) is 25.1 Å². The molecule has 2 aromatic rings. The second kappa shape index (κ2) is 7.17. The third-order valence-corrected chi connectivity index (χ3v) is 2.92. The lowest BCUT2D eigenvalue weighted by molar-refractivity contribution is 0.0945. The van der Waals surface area contributed by atoms with Gasteiger partial charge in [-0.25, -0.2) is 4.98 Å². The van der Waals surface area contributed by atoms with Gasteiger partial charge in [-0.15, -0.1) is 0 Å². The SMILES string of the molecule is Cc1cnccc1CNC(=O)c1ncccc1C#CCN. The molecule has 0 spiro atoms. The van der Waals surface area contributed by atoms with Gasteiger partial charge in [-0.3, -0.25) is 9.78 Å². The number of hydrogen-bond donors (Lipinski definition) is 2. The number of pyridine rings is 2. The fourth-order valence-corrected chi connectivity index (χ4v) is 1.79. The van der Waals surface area contributed by atoms with E-state index in [1.54, 1.807) is 30.7 Å². The number of amides is 1. The monoisotopic (exact) mass is 280 g/mol. The number of hydrogen-bond acceptors (Lipinski definition) is 4. The van der Waals surface area contributed by atoms with Crippen molar-refractivity contribution in [2.75, 3.05) is 6.54 Å². The smallest absolute Gasteiger partial charge is 0.271 e. The van der Waals surface area contributed by atoms with Crippen LogP contribution in [0, 0.1) is 18.8 Å². The summed E-state index contributed by atoms with van der Waals surface area (Å²) in [5.74, 6) is 5.33. The van der Waals surface area contributed by atoms with E-state index in [0.29, 0.717) is 17.8 Å². The summed E-state index contributed by atoms with van der Waals surface area (Å²) in [7, 11) is 0. The van der Waals surface area contributed by atoms with Crippen LogP contribution in [0.3, 0.4) is 0 Å². The fourth-order valence-electron chi connectivity index (χ4n) is 1.79. The van der Waals surface area contributed by atoms with Gasteiger partial charge in [0.25, 0.3) is 5.91 Å². The molecule has 106 valence electrons. The van der Waals surface area contributed by atoms with E-state index < -0.39 is 0 Å². The van der Waals surface area contributed by atoms with E-state index >= 15 is 0 Å². The Morgan fingerprint density at radius 2 is 2.24 bits per heavy atom. The van der Waals surface area contributed by atoms with E-state index in [9.17, 15) is 4.79 Å². The summed E-state index contributed by atoms with van der Waals surface area (Å²) < 4.78 is 0. The Labute approximate surface area is 123 Å². The average Bonchev–Trinajstić information content (AvgIpc) is 2.52. The van der Waals surface area contributed by atoms with Gasteiger partial charge >= 0.3 is 0 Å². The van der Waals surface area contributed by atoms with Crippen molar-refractivity contribution >= 4 is 5.91 Å². The third kappa shape index (κ3) is 3.88. The Hall–Kier alpha value is -2.71. The molecule has 0 atom stereocenters. The number of nitrogens with zero attached hydrogens (tertiary/aromatic N) is 2. The third-order valence-electron chi connectivity index (χ3n) is 2.92. The molecule has 0 radical (unpaired) electrons. The molecule has 21 heavy (non-hydrogen) atoms. The van der Waals surface area contributed by atoms with Gasteiger partial charge in [0.15, 0.2) is 0 Å². The second-order valence-corrected chi connectivity index (χ2v) is 4.39. The summed E-state index contributed by atoms with van der Waals surface area (Å²) in [6, 6.07) is 5.37. The van der Waals surface area contributed by atoms with Gasteiger partial charge in [0.2, 0.25) is 0 Å². The maximum absolute atomic E-state index is 12.2. The summed E-state index contributed by atoms with van der Waals surface area (Å²) in [6.07, 6.45) is 5.04. The van der Waals surface area contributed by atoms with Crippen LogP contribution in [0.2, 0.25) is 0 Å². The van der Waals surface area contributed by atoms with Gasteiger partial charge in [-0.1, -0.05) is 11.8 Å². The minimum atomic E-state index is -0.256. The fraction of sp³-hybridized carbons (Fsp3) is 0.188. The number of nitrogens with one attached hydrogen (secondary N) is 1. The zero-order chi connectivity index (χ0) is 15.1. The topological polar surface area (TPSA) is 80.9 Å². The maximum Gasteiger partial charge on any atom is 0.271 e. The molecule has 5 nitrogen and oxygen atoms in total. The lowest BCUT2D eigenvalue weighted by atomic mass is 10.1. The normalized spacial score (nSPS) is 9.62. The molecule has 0 unspecified atom stereocenters. The van der Waals surface area contributed by atoms with Crippen molar-refractivity contribution in [2.24, 2.45) is 5.73 Å². The molecule has 2 heterocycles. The molecule has 5 heteroatoms. The molecule has 2 aromatic heterocycles. The molecular formula is C16H16N4O. The molecule has 0 saturated carbocycles. The predicted octanol–water partition coefficient (Wildman–Crippen LogP) is 1.03. The van der Waals surface area contributed by atoms with E-state index in [4.69, 9.17) is 5.73 Å². The number of carbonyl (C=O) groups is 1. The van der Waals surface area contributed by atoms with Gasteiger partial charge < -0.3 is 11.1 Å².